The van der Waals surface area contributed by atoms with Crippen molar-refractivity contribution in [1.82, 2.24) is 4.34 Å². The summed E-state index contributed by atoms with van der Waals surface area (Å²) in [5, 5.41) is 4.84. The number of carbonyl (C=O) groups is 1. The maximum atomic E-state index is 12.5. The Morgan fingerprint density at radius 3 is 2.10 bits per heavy atom. The molecule has 0 aromatic heterocycles. The van der Waals surface area contributed by atoms with Crippen molar-refractivity contribution in [1.29, 1.82) is 0 Å². The van der Waals surface area contributed by atoms with Gasteiger partial charge in [0.25, 0.3) is 0 Å². The lowest BCUT2D eigenvalue weighted by Gasteiger charge is -2.49. The van der Waals surface area contributed by atoms with Crippen molar-refractivity contribution in [3.8, 4) is 0 Å². The summed E-state index contributed by atoms with van der Waals surface area (Å²) in [5.41, 5.74) is 1.36. The summed E-state index contributed by atoms with van der Waals surface area (Å²) < 4.78 is 2.42. The first-order chi connectivity index (χ1) is 9.74. The number of hydrogen-bond donors (Lipinski definition) is 0. The Balaban J connectivity index is 2.30. The van der Waals surface area contributed by atoms with Gasteiger partial charge in [-0.2, -0.15) is 5.10 Å². The van der Waals surface area contributed by atoms with E-state index in [0.29, 0.717) is 5.71 Å². The third kappa shape index (κ3) is 3.52. The summed E-state index contributed by atoms with van der Waals surface area (Å²) in [5.74, 6) is 0.0516. The first-order valence-corrected chi connectivity index (χ1v) is 14.0. The quantitative estimate of drug-likeness (QED) is 0.471. The fourth-order valence-corrected chi connectivity index (χ4v) is 14.2. The molecular weight excluding hydrogens is 292 g/mol. The Bertz CT molecular complexity index is 537. The second-order valence-corrected chi connectivity index (χ2v) is 16.7. The molecule has 1 aliphatic heterocycles. The van der Waals surface area contributed by atoms with Crippen molar-refractivity contribution in [3.63, 3.8) is 0 Å². The van der Waals surface area contributed by atoms with Gasteiger partial charge in [0.05, 0.1) is 0 Å². The molecule has 3 nitrogen and oxygen atoms in total. The maximum absolute atomic E-state index is 12.5. The predicted octanol–water partition coefficient (Wildman–Crippen LogP) is 4.36. The Kier molecular flexibility index (Phi) is 4.53. The van der Waals surface area contributed by atoms with Crippen molar-refractivity contribution < 1.29 is 4.79 Å². The van der Waals surface area contributed by atoms with Crippen LogP contribution in [0.5, 0.6) is 0 Å². The fourth-order valence-electron chi connectivity index (χ4n) is 3.25. The number of benzene rings is 1. The third-order valence-corrected chi connectivity index (χ3v) is 13.6. The molecule has 1 heterocycles. The second kappa shape index (κ2) is 5.89. The molecule has 0 amide bonds. The van der Waals surface area contributed by atoms with Crippen LogP contribution in [0.25, 0.3) is 0 Å². The molecule has 0 bridgehead atoms. The van der Waals surface area contributed by atoms with E-state index in [-0.39, 0.29) is 5.78 Å². The zero-order valence-electron chi connectivity index (χ0n) is 13.8. The lowest BCUT2D eigenvalue weighted by Crippen LogP contribution is -2.62. The minimum Gasteiger partial charge on any atom is -0.349 e. The number of carbonyl (C=O) groups excluding carboxylic acids is 1. The number of hydrazone groups is 1. The van der Waals surface area contributed by atoms with Crippen LogP contribution < -0.4 is 0 Å². The normalized spacial score (nSPS) is 21.2. The summed E-state index contributed by atoms with van der Waals surface area (Å²) in [6.07, 6.45) is 1.33. The van der Waals surface area contributed by atoms with E-state index in [1.807, 2.05) is 37.3 Å². The summed E-state index contributed by atoms with van der Waals surface area (Å²) in [6.45, 7) is 11.4. The van der Waals surface area contributed by atoms with Crippen molar-refractivity contribution in [2.75, 3.05) is 0 Å². The largest absolute Gasteiger partial charge is 0.349 e. The Labute approximate surface area is 130 Å². The van der Waals surface area contributed by atoms with Crippen molar-refractivity contribution in [2.24, 2.45) is 5.10 Å². The monoisotopic (exact) mass is 318 g/mol. The van der Waals surface area contributed by atoms with E-state index in [1.54, 1.807) is 0 Å². The number of ketones is 1. The topological polar surface area (TPSA) is 32.7 Å². The van der Waals surface area contributed by atoms with Crippen molar-refractivity contribution in [3.05, 3.63) is 35.9 Å². The highest BCUT2D eigenvalue weighted by Crippen LogP contribution is 2.35. The van der Waals surface area contributed by atoms with E-state index in [1.165, 1.54) is 18.5 Å². The Morgan fingerprint density at radius 1 is 1.05 bits per heavy atom. The maximum Gasteiger partial charge on any atom is 0.208 e. The smallest absolute Gasteiger partial charge is 0.208 e. The van der Waals surface area contributed by atoms with Gasteiger partial charge in [0.15, 0.2) is 16.5 Å². The highest BCUT2D eigenvalue weighted by Gasteiger charge is 2.44. The Morgan fingerprint density at radius 2 is 1.57 bits per heavy atom. The first-order valence-electron chi connectivity index (χ1n) is 7.69. The van der Waals surface area contributed by atoms with E-state index >= 15 is 0 Å². The van der Waals surface area contributed by atoms with E-state index in [4.69, 9.17) is 5.10 Å². The van der Waals surface area contributed by atoms with Crippen LogP contribution in [0.1, 0.15) is 23.7 Å². The first kappa shape index (κ1) is 16.2. The molecule has 1 aliphatic rings. The van der Waals surface area contributed by atoms with Gasteiger partial charge in [0.1, 0.15) is 5.71 Å². The highest BCUT2D eigenvalue weighted by atomic mass is 28.4. The molecule has 0 saturated carbocycles. The van der Waals surface area contributed by atoms with Gasteiger partial charge >= 0.3 is 0 Å². The van der Waals surface area contributed by atoms with E-state index < -0.39 is 16.5 Å². The zero-order chi connectivity index (χ0) is 15.7. The summed E-state index contributed by atoms with van der Waals surface area (Å²) in [4.78, 5) is 12.5. The molecule has 5 heteroatoms. The molecule has 1 saturated heterocycles. The number of hydrogen-bond acceptors (Lipinski definition) is 3. The van der Waals surface area contributed by atoms with Gasteiger partial charge in [0.2, 0.25) is 5.78 Å². The molecule has 114 valence electrons. The number of rotatable bonds is 3. The molecule has 0 aliphatic carbocycles. The number of nitrogens with zero attached hydrogens (tertiary/aromatic N) is 2. The molecule has 2 rings (SSSR count). The van der Waals surface area contributed by atoms with Crippen LogP contribution in [0.3, 0.4) is 0 Å². The molecule has 0 N–H and O–H groups in total. The van der Waals surface area contributed by atoms with Gasteiger partial charge in [-0.05, 0) is 19.0 Å². The molecule has 0 radical (unpaired) electrons. The molecular formula is C16H26N2OSi2. The minimum atomic E-state index is -1.51. The second-order valence-electron chi connectivity index (χ2n) is 7.17. The van der Waals surface area contributed by atoms with Crippen LogP contribution in [-0.2, 0) is 0 Å². The van der Waals surface area contributed by atoms with Crippen LogP contribution in [0.15, 0.2) is 35.4 Å². The molecule has 1 aromatic carbocycles. The highest BCUT2D eigenvalue weighted by molar-refractivity contribution is 6.91. The van der Waals surface area contributed by atoms with Crippen molar-refractivity contribution in [2.45, 2.75) is 51.6 Å². The van der Waals surface area contributed by atoms with E-state index in [0.717, 1.165) is 5.56 Å². The lowest BCUT2D eigenvalue weighted by molar-refractivity contribution is 0.106. The van der Waals surface area contributed by atoms with Gasteiger partial charge in [0, 0.05) is 5.56 Å². The standard InChI is InChI=1S/C16H26N2OSi2/c1-14(16(19)15-10-7-6-8-11-15)17-18-20(2,3)12-9-13-21(18,4)5/h6-8,10-11H,9,12-13H2,1-5H3. The molecule has 1 aromatic rings. The average molecular weight is 319 g/mol. The molecule has 21 heavy (non-hydrogen) atoms. The number of Topliss-reactive ketones (excluding diaryl/α,β-unsaturated/α-hetero) is 1. The fraction of sp³-hybridized carbons (Fsp3) is 0.500. The van der Waals surface area contributed by atoms with Gasteiger partial charge in [-0.1, -0.05) is 62.9 Å². The van der Waals surface area contributed by atoms with E-state index in [2.05, 4.69) is 30.5 Å². The molecule has 0 atom stereocenters. The van der Waals surface area contributed by atoms with Crippen LogP contribution >= 0.6 is 0 Å². The van der Waals surface area contributed by atoms with E-state index in [9.17, 15) is 4.79 Å². The van der Waals surface area contributed by atoms with Gasteiger partial charge in [-0.3, -0.25) is 4.79 Å². The zero-order valence-corrected chi connectivity index (χ0v) is 15.8. The van der Waals surface area contributed by atoms with Crippen LogP contribution in [-0.4, -0.2) is 32.3 Å². The van der Waals surface area contributed by atoms with Gasteiger partial charge in [-0.25, -0.2) is 0 Å². The molecule has 0 unspecified atom stereocenters. The summed E-state index contributed by atoms with van der Waals surface area (Å²) >= 11 is 0. The van der Waals surface area contributed by atoms with Gasteiger partial charge in [-0.15, -0.1) is 0 Å². The summed E-state index contributed by atoms with van der Waals surface area (Å²) in [6, 6.07) is 12.0. The molecule has 1 fully saturated rings. The average Bonchev–Trinajstić information content (AvgIpc) is 2.42. The van der Waals surface area contributed by atoms with Crippen LogP contribution in [0, 0.1) is 0 Å². The van der Waals surface area contributed by atoms with Crippen molar-refractivity contribution >= 4 is 28.0 Å². The predicted molar refractivity (Wildman–Crippen MR) is 94.9 cm³/mol. The molecule has 0 spiro atoms. The minimum absolute atomic E-state index is 0.0516. The van der Waals surface area contributed by atoms with Crippen LogP contribution in [0.4, 0.5) is 0 Å². The third-order valence-electron chi connectivity index (χ3n) is 4.34. The Hall–Kier alpha value is -1.21. The summed E-state index contributed by atoms with van der Waals surface area (Å²) in [7, 11) is -3.02. The SMILES string of the molecule is CC(=NN1[Si](C)(C)CCC[Si]1(C)C)C(=O)c1ccccc1. The van der Waals surface area contributed by atoms with Crippen LogP contribution in [0.2, 0.25) is 38.3 Å². The van der Waals surface area contributed by atoms with Gasteiger partial charge < -0.3 is 4.34 Å². The lowest BCUT2D eigenvalue weighted by atomic mass is 10.1.